The van der Waals surface area contributed by atoms with E-state index in [1.807, 2.05) is 24.5 Å². The Hall–Kier alpha value is -1.69. The molecule has 0 bridgehead atoms. The van der Waals surface area contributed by atoms with Crippen LogP contribution in [0.4, 0.5) is 5.69 Å². The number of nitrogens with one attached hydrogen (secondary N) is 1. The van der Waals surface area contributed by atoms with Crippen LogP contribution in [0.5, 0.6) is 0 Å². The third-order valence-electron chi connectivity index (χ3n) is 2.64. The second kappa shape index (κ2) is 5.77. The van der Waals surface area contributed by atoms with Gasteiger partial charge >= 0.3 is 0 Å². The van der Waals surface area contributed by atoms with Gasteiger partial charge in [-0.05, 0) is 38.3 Å². The number of amides is 1. The number of hydrogen-bond donors (Lipinski definition) is 3. The van der Waals surface area contributed by atoms with Crippen LogP contribution in [0, 0.1) is 5.41 Å². The third kappa shape index (κ3) is 3.16. The molecule has 5 nitrogen and oxygen atoms in total. The Morgan fingerprint density at radius 3 is 2.72 bits per heavy atom. The maximum absolute atomic E-state index is 12.0. The standard InChI is InChI=1S/C12H17N3O2S/c1-12(2,10(13)15-17)11(16)14-8-5-4-6-9(7-8)18-3/h4-7,17H,1-3H3,(H2,13,15)(H,14,16). The molecule has 0 heterocycles. The predicted octanol–water partition coefficient (Wildman–Crippen LogP) is 2.12. The van der Waals surface area contributed by atoms with Crippen molar-refractivity contribution < 1.29 is 10.0 Å². The number of hydrogen-bond acceptors (Lipinski definition) is 4. The van der Waals surface area contributed by atoms with Crippen LogP contribution in [-0.4, -0.2) is 23.2 Å². The summed E-state index contributed by atoms with van der Waals surface area (Å²) in [5, 5.41) is 14.3. The van der Waals surface area contributed by atoms with E-state index in [1.165, 1.54) is 0 Å². The average Bonchev–Trinajstić information content (AvgIpc) is 2.37. The third-order valence-corrected chi connectivity index (χ3v) is 3.37. The highest BCUT2D eigenvalue weighted by molar-refractivity contribution is 7.98. The number of carbonyl (C=O) groups excluding carboxylic acids is 1. The van der Waals surface area contributed by atoms with Crippen molar-refractivity contribution in [3.05, 3.63) is 24.3 Å². The second-order valence-corrected chi connectivity index (χ2v) is 5.18. The average molecular weight is 267 g/mol. The zero-order valence-electron chi connectivity index (χ0n) is 10.6. The highest BCUT2D eigenvalue weighted by Crippen LogP contribution is 2.22. The molecule has 0 radical (unpaired) electrons. The SMILES string of the molecule is CSc1cccc(NC(=O)C(C)(C)C(N)=NO)c1. The molecular formula is C12H17N3O2S. The van der Waals surface area contributed by atoms with Crippen molar-refractivity contribution in [1.29, 1.82) is 0 Å². The molecule has 98 valence electrons. The fourth-order valence-electron chi connectivity index (χ4n) is 1.23. The largest absolute Gasteiger partial charge is 0.409 e. The normalized spacial score (nSPS) is 12.3. The Balaban J connectivity index is 2.87. The Bertz CT molecular complexity index is 472. The van der Waals surface area contributed by atoms with Crippen molar-refractivity contribution in [2.75, 3.05) is 11.6 Å². The topological polar surface area (TPSA) is 87.7 Å². The molecule has 0 aliphatic heterocycles. The molecule has 6 heteroatoms. The molecule has 0 saturated heterocycles. The molecule has 1 aromatic carbocycles. The molecule has 0 aliphatic rings. The van der Waals surface area contributed by atoms with Crippen LogP contribution >= 0.6 is 11.8 Å². The van der Waals surface area contributed by atoms with Crippen molar-refractivity contribution in [2.24, 2.45) is 16.3 Å². The number of nitrogens with zero attached hydrogens (tertiary/aromatic N) is 1. The van der Waals surface area contributed by atoms with Crippen LogP contribution in [0.1, 0.15) is 13.8 Å². The maximum atomic E-state index is 12.0. The lowest BCUT2D eigenvalue weighted by molar-refractivity contribution is -0.121. The smallest absolute Gasteiger partial charge is 0.237 e. The molecule has 0 atom stereocenters. The zero-order chi connectivity index (χ0) is 13.8. The molecule has 0 saturated carbocycles. The van der Waals surface area contributed by atoms with Crippen molar-refractivity contribution in [3.63, 3.8) is 0 Å². The van der Waals surface area contributed by atoms with Gasteiger partial charge in [-0.15, -0.1) is 11.8 Å². The van der Waals surface area contributed by atoms with Crippen molar-refractivity contribution in [3.8, 4) is 0 Å². The molecular weight excluding hydrogens is 250 g/mol. The lowest BCUT2D eigenvalue weighted by atomic mass is 9.91. The zero-order valence-corrected chi connectivity index (χ0v) is 11.4. The summed E-state index contributed by atoms with van der Waals surface area (Å²) in [6.07, 6.45) is 1.96. The van der Waals surface area contributed by atoms with Crippen LogP contribution in [0.3, 0.4) is 0 Å². The summed E-state index contributed by atoms with van der Waals surface area (Å²) in [4.78, 5) is 13.1. The van der Waals surface area contributed by atoms with Crippen LogP contribution in [0.2, 0.25) is 0 Å². The van der Waals surface area contributed by atoms with Crippen LogP contribution < -0.4 is 11.1 Å². The molecule has 0 aromatic heterocycles. The quantitative estimate of drug-likeness (QED) is 0.256. The maximum Gasteiger partial charge on any atom is 0.237 e. The monoisotopic (exact) mass is 267 g/mol. The Morgan fingerprint density at radius 2 is 2.17 bits per heavy atom. The van der Waals surface area contributed by atoms with Gasteiger partial charge in [-0.3, -0.25) is 4.79 Å². The molecule has 4 N–H and O–H groups in total. The fourth-order valence-corrected chi connectivity index (χ4v) is 1.69. The van der Waals surface area contributed by atoms with Crippen molar-refractivity contribution in [2.45, 2.75) is 18.7 Å². The number of benzene rings is 1. The molecule has 1 amide bonds. The van der Waals surface area contributed by atoms with Gasteiger partial charge in [-0.2, -0.15) is 0 Å². The highest BCUT2D eigenvalue weighted by Gasteiger charge is 2.32. The lowest BCUT2D eigenvalue weighted by Crippen LogP contribution is -2.42. The summed E-state index contributed by atoms with van der Waals surface area (Å²) in [7, 11) is 0. The minimum absolute atomic E-state index is 0.124. The summed E-state index contributed by atoms with van der Waals surface area (Å²) in [5.41, 5.74) is 5.12. The summed E-state index contributed by atoms with van der Waals surface area (Å²) < 4.78 is 0. The van der Waals surface area contributed by atoms with E-state index >= 15 is 0 Å². The highest BCUT2D eigenvalue weighted by atomic mass is 32.2. The van der Waals surface area contributed by atoms with Crippen molar-refractivity contribution in [1.82, 2.24) is 0 Å². The van der Waals surface area contributed by atoms with Gasteiger partial charge in [0.25, 0.3) is 0 Å². The molecule has 0 fully saturated rings. The van der Waals surface area contributed by atoms with Crippen molar-refractivity contribution >= 4 is 29.2 Å². The van der Waals surface area contributed by atoms with Crippen LogP contribution in [0.25, 0.3) is 0 Å². The first-order valence-electron chi connectivity index (χ1n) is 5.35. The van der Waals surface area contributed by atoms with Crippen LogP contribution in [0.15, 0.2) is 34.3 Å². The number of thioether (sulfide) groups is 1. The molecule has 18 heavy (non-hydrogen) atoms. The first-order chi connectivity index (χ1) is 8.41. The van der Waals surface area contributed by atoms with Gasteiger partial charge < -0.3 is 16.3 Å². The van der Waals surface area contributed by atoms with Gasteiger partial charge in [0, 0.05) is 10.6 Å². The fraction of sp³-hybridized carbons (Fsp3) is 0.333. The second-order valence-electron chi connectivity index (χ2n) is 4.30. The van der Waals surface area contributed by atoms with Gasteiger partial charge in [0.15, 0.2) is 5.84 Å². The van der Waals surface area contributed by atoms with E-state index in [-0.39, 0.29) is 11.7 Å². The minimum atomic E-state index is -1.07. The minimum Gasteiger partial charge on any atom is -0.409 e. The van der Waals surface area contributed by atoms with E-state index in [1.54, 1.807) is 31.7 Å². The summed E-state index contributed by atoms with van der Waals surface area (Å²) in [5.74, 6) is -0.447. The Morgan fingerprint density at radius 1 is 1.50 bits per heavy atom. The molecule has 0 aliphatic carbocycles. The van der Waals surface area contributed by atoms with Crippen LogP contribution in [-0.2, 0) is 4.79 Å². The van der Waals surface area contributed by atoms with Gasteiger partial charge in [0.05, 0.1) is 0 Å². The van der Waals surface area contributed by atoms with E-state index < -0.39 is 5.41 Å². The number of oxime groups is 1. The van der Waals surface area contributed by atoms with E-state index in [2.05, 4.69) is 10.5 Å². The number of rotatable bonds is 4. The summed E-state index contributed by atoms with van der Waals surface area (Å²) in [6, 6.07) is 7.47. The molecule has 0 unspecified atom stereocenters. The number of nitrogens with two attached hydrogens (primary N) is 1. The Kier molecular flexibility index (Phi) is 4.61. The van der Waals surface area contributed by atoms with Gasteiger partial charge in [-0.1, -0.05) is 11.2 Å². The van der Waals surface area contributed by atoms with E-state index in [0.29, 0.717) is 5.69 Å². The molecule has 1 rings (SSSR count). The Labute approximate surface area is 110 Å². The van der Waals surface area contributed by atoms with E-state index in [4.69, 9.17) is 10.9 Å². The predicted molar refractivity (Wildman–Crippen MR) is 74.0 cm³/mol. The molecule has 1 aromatic rings. The van der Waals surface area contributed by atoms with Gasteiger partial charge in [0.2, 0.25) is 5.91 Å². The number of anilines is 1. The lowest BCUT2D eigenvalue weighted by Gasteiger charge is -2.21. The number of carbonyl (C=O) groups is 1. The first-order valence-corrected chi connectivity index (χ1v) is 6.57. The summed E-state index contributed by atoms with van der Waals surface area (Å²) >= 11 is 1.59. The first kappa shape index (κ1) is 14.4. The van der Waals surface area contributed by atoms with E-state index in [9.17, 15) is 4.79 Å². The van der Waals surface area contributed by atoms with Gasteiger partial charge in [0.1, 0.15) is 5.41 Å². The number of amidine groups is 1. The van der Waals surface area contributed by atoms with E-state index in [0.717, 1.165) is 4.90 Å². The van der Waals surface area contributed by atoms with Gasteiger partial charge in [-0.25, -0.2) is 0 Å². The molecule has 0 spiro atoms. The summed E-state index contributed by atoms with van der Waals surface area (Å²) in [6.45, 7) is 3.19.